The molecular weight excluding hydrogens is 291 g/mol. The molecule has 104 valence electrons. The average molecular weight is 307 g/mol. The predicted octanol–water partition coefficient (Wildman–Crippen LogP) is 4.82. The zero-order valence-corrected chi connectivity index (χ0v) is 12.6. The molecule has 20 heavy (non-hydrogen) atoms. The van der Waals surface area contributed by atoms with Gasteiger partial charge in [0.1, 0.15) is 0 Å². The summed E-state index contributed by atoms with van der Waals surface area (Å²) in [6.07, 6.45) is 1.11. The molecule has 0 aromatic heterocycles. The molecule has 0 aliphatic carbocycles. The first kappa shape index (κ1) is 13.6. The van der Waals surface area contributed by atoms with Gasteiger partial charge in [-0.2, -0.15) is 0 Å². The van der Waals surface area contributed by atoms with E-state index < -0.39 is 0 Å². The fourth-order valence-corrected chi connectivity index (χ4v) is 3.00. The van der Waals surface area contributed by atoms with Crippen LogP contribution in [0.25, 0.3) is 0 Å². The number of halogens is 2. The second-order valence-electron chi connectivity index (χ2n) is 4.95. The number of fused-ring (bicyclic) bond motifs is 1. The Hall–Kier alpha value is -1.38. The van der Waals surface area contributed by atoms with Crippen molar-refractivity contribution in [1.82, 2.24) is 0 Å². The molecule has 2 nitrogen and oxygen atoms in total. The summed E-state index contributed by atoms with van der Waals surface area (Å²) in [5, 5.41) is 4.88. The lowest BCUT2D eigenvalue weighted by Crippen LogP contribution is -2.23. The van der Waals surface area contributed by atoms with Crippen molar-refractivity contribution in [3.63, 3.8) is 0 Å². The molecule has 0 fully saturated rings. The minimum atomic E-state index is 0.677. The Balaban J connectivity index is 1.90. The summed E-state index contributed by atoms with van der Waals surface area (Å²) in [7, 11) is 0. The quantitative estimate of drug-likeness (QED) is 0.856. The SMILES string of the molecule is Clc1ccc(CN2CCCNc3ccccc32)c(Cl)c1. The van der Waals surface area contributed by atoms with Crippen LogP contribution in [0.3, 0.4) is 0 Å². The second-order valence-corrected chi connectivity index (χ2v) is 5.80. The molecule has 1 aliphatic rings. The number of rotatable bonds is 2. The van der Waals surface area contributed by atoms with E-state index in [2.05, 4.69) is 34.5 Å². The first-order valence-electron chi connectivity index (χ1n) is 6.76. The average Bonchev–Trinajstić information content (AvgIpc) is 2.65. The van der Waals surface area contributed by atoms with Gasteiger partial charge in [-0.15, -0.1) is 0 Å². The van der Waals surface area contributed by atoms with Gasteiger partial charge in [-0.1, -0.05) is 41.4 Å². The molecule has 0 spiro atoms. The molecule has 1 N–H and O–H groups in total. The highest BCUT2D eigenvalue weighted by Crippen LogP contribution is 2.31. The van der Waals surface area contributed by atoms with Crippen molar-refractivity contribution in [2.24, 2.45) is 0 Å². The van der Waals surface area contributed by atoms with Crippen molar-refractivity contribution in [3.8, 4) is 0 Å². The third kappa shape index (κ3) is 2.87. The Morgan fingerprint density at radius 2 is 1.95 bits per heavy atom. The molecule has 0 atom stereocenters. The molecule has 2 aromatic carbocycles. The number of para-hydroxylation sites is 2. The second kappa shape index (κ2) is 5.94. The molecule has 1 heterocycles. The van der Waals surface area contributed by atoms with Crippen molar-refractivity contribution in [2.75, 3.05) is 23.3 Å². The standard InChI is InChI=1S/C16H16Cl2N2/c17-13-7-6-12(14(18)10-13)11-20-9-3-8-19-15-4-1-2-5-16(15)20/h1-2,4-7,10,19H,3,8-9,11H2. The number of benzene rings is 2. The number of hydrogen-bond donors (Lipinski definition) is 1. The van der Waals surface area contributed by atoms with E-state index in [1.54, 1.807) is 6.07 Å². The molecule has 0 amide bonds. The van der Waals surface area contributed by atoms with Crippen LogP contribution in [-0.4, -0.2) is 13.1 Å². The fraction of sp³-hybridized carbons (Fsp3) is 0.250. The van der Waals surface area contributed by atoms with Gasteiger partial charge in [-0.3, -0.25) is 0 Å². The van der Waals surface area contributed by atoms with Gasteiger partial charge in [-0.25, -0.2) is 0 Å². The van der Waals surface area contributed by atoms with E-state index in [0.717, 1.165) is 36.6 Å². The molecule has 0 saturated carbocycles. The first-order chi connectivity index (χ1) is 9.74. The summed E-state index contributed by atoms with van der Waals surface area (Å²) >= 11 is 12.2. The zero-order valence-electron chi connectivity index (χ0n) is 11.1. The van der Waals surface area contributed by atoms with Crippen molar-refractivity contribution >= 4 is 34.6 Å². The molecule has 0 radical (unpaired) electrons. The van der Waals surface area contributed by atoms with E-state index in [-0.39, 0.29) is 0 Å². The van der Waals surface area contributed by atoms with Crippen LogP contribution in [-0.2, 0) is 6.54 Å². The summed E-state index contributed by atoms with van der Waals surface area (Å²) in [5.41, 5.74) is 3.53. The highest BCUT2D eigenvalue weighted by Gasteiger charge is 2.15. The summed E-state index contributed by atoms with van der Waals surface area (Å²) < 4.78 is 0. The smallest absolute Gasteiger partial charge is 0.0605 e. The lowest BCUT2D eigenvalue weighted by atomic mass is 10.1. The fourth-order valence-electron chi connectivity index (χ4n) is 2.53. The van der Waals surface area contributed by atoms with Crippen LogP contribution in [0.1, 0.15) is 12.0 Å². The third-order valence-corrected chi connectivity index (χ3v) is 4.13. The minimum absolute atomic E-state index is 0.677. The summed E-state index contributed by atoms with van der Waals surface area (Å²) in [5.74, 6) is 0. The van der Waals surface area contributed by atoms with Gasteiger partial charge in [0.2, 0.25) is 0 Å². The number of nitrogens with zero attached hydrogens (tertiary/aromatic N) is 1. The first-order valence-corrected chi connectivity index (χ1v) is 7.51. The van der Waals surface area contributed by atoms with Crippen LogP contribution in [0.4, 0.5) is 11.4 Å². The van der Waals surface area contributed by atoms with Gasteiger partial charge in [0.15, 0.2) is 0 Å². The van der Waals surface area contributed by atoms with Crippen LogP contribution >= 0.6 is 23.2 Å². The van der Waals surface area contributed by atoms with E-state index in [1.165, 1.54) is 11.4 Å². The molecular formula is C16H16Cl2N2. The summed E-state index contributed by atoms with van der Waals surface area (Å²) in [4.78, 5) is 2.37. The summed E-state index contributed by atoms with van der Waals surface area (Å²) in [6.45, 7) is 2.82. The Bertz CT molecular complexity index is 613. The van der Waals surface area contributed by atoms with E-state index in [0.29, 0.717) is 5.02 Å². The number of nitrogens with one attached hydrogen (secondary N) is 1. The number of hydrogen-bond acceptors (Lipinski definition) is 2. The van der Waals surface area contributed by atoms with Gasteiger partial charge in [-0.05, 0) is 36.2 Å². The topological polar surface area (TPSA) is 15.3 Å². The molecule has 0 bridgehead atoms. The van der Waals surface area contributed by atoms with Gasteiger partial charge in [0.05, 0.1) is 11.4 Å². The van der Waals surface area contributed by atoms with Crippen LogP contribution in [0.5, 0.6) is 0 Å². The Kier molecular flexibility index (Phi) is 4.04. The van der Waals surface area contributed by atoms with Crippen molar-refractivity contribution in [1.29, 1.82) is 0 Å². The summed E-state index contributed by atoms with van der Waals surface area (Å²) in [6, 6.07) is 14.1. The molecule has 0 unspecified atom stereocenters. The Morgan fingerprint density at radius 1 is 1.10 bits per heavy atom. The van der Waals surface area contributed by atoms with Crippen LogP contribution < -0.4 is 10.2 Å². The normalized spacial score (nSPS) is 14.4. The molecule has 2 aromatic rings. The maximum absolute atomic E-state index is 6.29. The minimum Gasteiger partial charge on any atom is -0.383 e. The van der Waals surface area contributed by atoms with Crippen LogP contribution in [0.15, 0.2) is 42.5 Å². The molecule has 0 saturated heterocycles. The van der Waals surface area contributed by atoms with Crippen molar-refractivity contribution in [2.45, 2.75) is 13.0 Å². The van der Waals surface area contributed by atoms with E-state index in [4.69, 9.17) is 23.2 Å². The van der Waals surface area contributed by atoms with E-state index >= 15 is 0 Å². The van der Waals surface area contributed by atoms with Crippen molar-refractivity contribution in [3.05, 3.63) is 58.1 Å². The Labute approximate surface area is 129 Å². The monoisotopic (exact) mass is 306 g/mol. The predicted molar refractivity (Wildman–Crippen MR) is 87.1 cm³/mol. The van der Waals surface area contributed by atoms with Gasteiger partial charge in [0, 0.05) is 29.7 Å². The number of anilines is 2. The largest absolute Gasteiger partial charge is 0.383 e. The lowest BCUT2D eigenvalue weighted by molar-refractivity contribution is 0.764. The highest BCUT2D eigenvalue weighted by molar-refractivity contribution is 6.35. The van der Waals surface area contributed by atoms with E-state index in [1.807, 2.05) is 12.1 Å². The molecule has 4 heteroatoms. The zero-order chi connectivity index (χ0) is 13.9. The third-order valence-electron chi connectivity index (χ3n) is 3.54. The molecule has 3 rings (SSSR count). The van der Waals surface area contributed by atoms with Gasteiger partial charge >= 0.3 is 0 Å². The van der Waals surface area contributed by atoms with E-state index in [9.17, 15) is 0 Å². The lowest BCUT2D eigenvalue weighted by Gasteiger charge is -2.25. The maximum atomic E-state index is 6.29. The van der Waals surface area contributed by atoms with Crippen molar-refractivity contribution < 1.29 is 0 Å². The highest BCUT2D eigenvalue weighted by atomic mass is 35.5. The van der Waals surface area contributed by atoms with Gasteiger partial charge in [0.25, 0.3) is 0 Å². The van der Waals surface area contributed by atoms with Crippen LogP contribution in [0.2, 0.25) is 10.0 Å². The van der Waals surface area contributed by atoms with Crippen LogP contribution in [0, 0.1) is 0 Å². The molecule has 1 aliphatic heterocycles. The Morgan fingerprint density at radius 3 is 2.80 bits per heavy atom. The maximum Gasteiger partial charge on any atom is 0.0605 e. The van der Waals surface area contributed by atoms with Gasteiger partial charge < -0.3 is 10.2 Å².